The highest BCUT2D eigenvalue weighted by Crippen LogP contribution is 2.65. The number of methoxy groups -OCH3 is 1. The van der Waals surface area contributed by atoms with Gasteiger partial charge in [0.25, 0.3) is 0 Å². The van der Waals surface area contributed by atoms with Crippen LogP contribution in [-0.4, -0.2) is 79.3 Å². The summed E-state index contributed by atoms with van der Waals surface area (Å²) in [6, 6.07) is 2.32. The molecule has 1 aliphatic heterocycles. The number of hydrogen-bond acceptors (Lipinski definition) is 9. The van der Waals surface area contributed by atoms with E-state index in [2.05, 4.69) is 0 Å². The van der Waals surface area contributed by atoms with Crippen molar-refractivity contribution in [2.75, 3.05) is 7.11 Å². The van der Waals surface area contributed by atoms with Crippen LogP contribution in [0, 0.1) is 0 Å². The maximum Gasteiger partial charge on any atom is 0.205 e. The monoisotopic (exact) mass is 352 g/mol. The lowest BCUT2D eigenvalue weighted by Crippen LogP contribution is -2.73. The number of ketones is 2. The number of carbonyl (C=O) groups excluding carboxylic acids is 2. The number of Topliss-reactive ketones (excluding diaryl/α,β-unsaturated/α-hetero) is 2. The normalized spacial score (nSPS) is 44.6. The molecule has 2 fully saturated rings. The molecule has 0 bridgehead atoms. The molecule has 134 valence electrons. The second-order valence-corrected chi connectivity index (χ2v) is 6.82. The van der Waals surface area contributed by atoms with Crippen molar-refractivity contribution in [1.29, 1.82) is 0 Å². The number of fused-ring (bicyclic) bond motifs is 1. The van der Waals surface area contributed by atoms with Gasteiger partial charge in [0, 0.05) is 11.6 Å². The van der Waals surface area contributed by atoms with Crippen molar-refractivity contribution in [3.05, 3.63) is 23.3 Å². The number of rotatable bonds is 1. The summed E-state index contributed by atoms with van der Waals surface area (Å²) in [5, 5.41) is 51.5. The first-order chi connectivity index (χ1) is 11.6. The van der Waals surface area contributed by atoms with Gasteiger partial charge in [0.15, 0.2) is 11.2 Å². The molecule has 25 heavy (non-hydrogen) atoms. The highest BCUT2D eigenvalue weighted by molar-refractivity contribution is 6.27. The number of hydrogen-bond donors (Lipinski definition) is 5. The van der Waals surface area contributed by atoms with E-state index in [0.717, 1.165) is 13.0 Å². The van der Waals surface area contributed by atoms with Gasteiger partial charge in [0.2, 0.25) is 11.6 Å². The van der Waals surface area contributed by atoms with Crippen molar-refractivity contribution in [2.24, 2.45) is 0 Å². The predicted molar refractivity (Wildman–Crippen MR) is 78.5 cm³/mol. The third-order valence-corrected chi connectivity index (χ3v) is 5.56. The van der Waals surface area contributed by atoms with E-state index in [1.165, 1.54) is 13.2 Å². The van der Waals surface area contributed by atoms with Crippen molar-refractivity contribution < 1.29 is 44.6 Å². The second-order valence-electron chi connectivity index (χ2n) is 6.82. The lowest BCUT2D eigenvalue weighted by molar-refractivity contribution is -0.195. The Bertz CT molecular complexity index is 831. The summed E-state index contributed by atoms with van der Waals surface area (Å²) in [4.78, 5) is 26.0. The molecule has 2 aliphatic carbocycles. The summed E-state index contributed by atoms with van der Waals surface area (Å²) in [6.07, 6.45) is -5.90. The third-order valence-electron chi connectivity index (χ3n) is 5.56. The molecular weight excluding hydrogens is 336 g/mol. The van der Waals surface area contributed by atoms with Crippen LogP contribution >= 0.6 is 0 Å². The number of aromatic hydroxyl groups is 1. The van der Waals surface area contributed by atoms with Crippen molar-refractivity contribution in [2.45, 2.75) is 42.0 Å². The first-order valence-corrected chi connectivity index (χ1v) is 7.54. The third kappa shape index (κ3) is 1.48. The van der Waals surface area contributed by atoms with E-state index in [9.17, 15) is 35.1 Å². The fraction of sp³-hybridized carbons (Fsp3) is 0.500. The Morgan fingerprint density at radius 3 is 2.32 bits per heavy atom. The van der Waals surface area contributed by atoms with E-state index >= 15 is 0 Å². The van der Waals surface area contributed by atoms with E-state index < -0.39 is 52.4 Å². The Morgan fingerprint density at radius 1 is 1.08 bits per heavy atom. The lowest BCUT2D eigenvalue weighted by Gasteiger charge is -2.46. The van der Waals surface area contributed by atoms with Crippen LogP contribution in [0.5, 0.6) is 11.5 Å². The van der Waals surface area contributed by atoms with Crippen LogP contribution in [0.3, 0.4) is 0 Å². The van der Waals surface area contributed by atoms with E-state index in [-0.39, 0.29) is 16.9 Å². The number of carbonyl (C=O) groups is 2. The summed E-state index contributed by atoms with van der Waals surface area (Å²) in [7, 11) is 1.30. The average molecular weight is 352 g/mol. The molecule has 0 radical (unpaired) electrons. The summed E-state index contributed by atoms with van der Waals surface area (Å²) in [6.45, 7) is 1.03. The second kappa shape index (κ2) is 4.37. The van der Waals surface area contributed by atoms with Crippen LogP contribution in [0.2, 0.25) is 0 Å². The topological polar surface area (TPSA) is 157 Å². The Hall–Kier alpha value is -2.04. The fourth-order valence-electron chi connectivity index (χ4n) is 4.09. The van der Waals surface area contributed by atoms with Gasteiger partial charge in [-0.2, -0.15) is 0 Å². The van der Waals surface area contributed by atoms with Gasteiger partial charge in [0.05, 0.1) is 12.7 Å². The Morgan fingerprint density at radius 2 is 1.72 bits per heavy atom. The largest absolute Gasteiger partial charge is 0.507 e. The van der Waals surface area contributed by atoms with E-state index in [1.807, 2.05) is 0 Å². The Kier molecular flexibility index (Phi) is 2.88. The van der Waals surface area contributed by atoms with Gasteiger partial charge >= 0.3 is 0 Å². The quantitative estimate of drug-likeness (QED) is 0.365. The highest BCUT2D eigenvalue weighted by Gasteiger charge is 2.92. The maximum absolute atomic E-state index is 13.0. The molecule has 6 atom stereocenters. The molecule has 1 heterocycles. The molecule has 1 saturated carbocycles. The Labute approximate surface area is 141 Å². The predicted octanol–water partition coefficient (Wildman–Crippen LogP) is -1.87. The smallest absolute Gasteiger partial charge is 0.205 e. The number of phenolic OH excluding ortho intramolecular Hbond substituents is 1. The molecule has 0 amide bonds. The number of epoxide rings is 1. The first kappa shape index (κ1) is 16.4. The van der Waals surface area contributed by atoms with Crippen LogP contribution in [0.4, 0.5) is 0 Å². The van der Waals surface area contributed by atoms with Gasteiger partial charge in [-0.3, -0.25) is 9.59 Å². The zero-order chi connectivity index (χ0) is 18.5. The molecule has 3 aliphatic rings. The summed E-state index contributed by atoms with van der Waals surface area (Å²) in [5.74, 6) is -2.31. The highest BCUT2D eigenvalue weighted by atomic mass is 16.7. The number of benzene rings is 1. The van der Waals surface area contributed by atoms with Gasteiger partial charge < -0.3 is 35.0 Å². The van der Waals surface area contributed by atoms with Crippen LogP contribution in [0.1, 0.15) is 27.6 Å². The molecule has 1 saturated heterocycles. The molecule has 5 N–H and O–H groups in total. The fourth-order valence-corrected chi connectivity index (χ4v) is 4.09. The molecule has 0 unspecified atom stereocenters. The van der Waals surface area contributed by atoms with Crippen LogP contribution in [0.15, 0.2) is 12.1 Å². The lowest BCUT2D eigenvalue weighted by atomic mass is 9.59. The zero-order valence-electron chi connectivity index (χ0n) is 13.3. The molecular formula is C16H16O9. The molecule has 4 rings (SSSR count). The molecule has 9 nitrogen and oxygen atoms in total. The van der Waals surface area contributed by atoms with Gasteiger partial charge in [-0.1, -0.05) is 0 Å². The molecule has 0 aromatic heterocycles. The van der Waals surface area contributed by atoms with E-state index in [4.69, 9.17) is 9.47 Å². The number of ether oxygens (including phenoxy) is 2. The van der Waals surface area contributed by atoms with E-state index in [0.29, 0.717) is 0 Å². The molecule has 1 aromatic carbocycles. The zero-order valence-corrected chi connectivity index (χ0v) is 13.3. The van der Waals surface area contributed by atoms with Gasteiger partial charge in [-0.05, 0) is 13.0 Å². The van der Waals surface area contributed by atoms with Crippen LogP contribution in [0.25, 0.3) is 0 Å². The summed E-state index contributed by atoms with van der Waals surface area (Å²) >= 11 is 0. The minimum Gasteiger partial charge on any atom is -0.507 e. The average Bonchev–Trinajstić information content (AvgIpc) is 3.29. The van der Waals surface area contributed by atoms with Gasteiger partial charge in [-0.15, -0.1) is 0 Å². The van der Waals surface area contributed by atoms with E-state index in [1.54, 1.807) is 0 Å². The standard InChI is InChI=1S/C16H16O9/c1-14(23)11(20)12(21)15-10(19)8-6(3-5(24-2)4-7(8)17)9(18)16(15,25-15)13(14)22/h3-4,11-13,17,20-23H,1-2H3/t11-,12-,13+,14-,15+,16-/m0/s1. The number of aliphatic hydroxyl groups is 4. The van der Waals surface area contributed by atoms with Crippen molar-refractivity contribution in [1.82, 2.24) is 0 Å². The maximum atomic E-state index is 13.0. The first-order valence-electron chi connectivity index (χ1n) is 7.54. The van der Waals surface area contributed by atoms with Crippen LogP contribution in [-0.2, 0) is 4.74 Å². The molecule has 0 spiro atoms. The van der Waals surface area contributed by atoms with Gasteiger partial charge in [-0.25, -0.2) is 0 Å². The Balaban J connectivity index is 2.00. The minimum atomic E-state index is -2.30. The SMILES string of the molecule is COc1cc(O)c2c(c1)C(=O)[C@@]13O[C@]1(C2=O)[C@@H](O)[C@H](O)[C@](C)(O)[C@H]3O. The molecule has 1 aromatic rings. The van der Waals surface area contributed by atoms with Crippen molar-refractivity contribution in [3.63, 3.8) is 0 Å². The summed E-state index contributed by atoms with van der Waals surface area (Å²) < 4.78 is 10.3. The number of phenols is 1. The van der Waals surface area contributed by atoms with Crippen LogP contribution < -0.4 is 4.74 Å². The molecule has 9 heteroatoms. The van der Waals surface area contributed by atoms with Crippen molar-refractivity contribution >= 4 is 11.6 Å². The minimum absolute atomic E-state index is 0.0968. The number of aliphatic hydroxyl groups excluding tert-OH is 3. The van der Waals surface area contributed by atoms with Gasteiger partial charge in [0.1, 0.15) is 35.4 Å². The van der Waals surface area contributed by atoms with Crippen molar-refractivity contribution in [3.8, 4) is 11.5 Å². The summed E-state index contributed by atoms with van der Waals surface area (Å²) in [5.41, 5.74) is -7.44.